The first-order valence-electron chi connectivity index (χ1n) is 16.4. The molecule has 0 saturated heterocycles. The Labute approximate surface area is 316 Å². The molecule has 288 valence electrons. The standard InChI is InChI=1S/C17H14ClF4N5O2.C15H15ClFN5O.C2H6/c18-10-2-3-12(19)11(6-10)16(4-1-5-16)25-15-23-7-9(8-24-15)13(28)26-27-14(29)17(20,21)22;16-10-2-3-12(17)11(6-10)15(4-1-5-15)21-14-19-7-9(8-20-14)13(23)22-18;1-2/h2-3,6-8H,1,4-5H2,(H,26,28)(H,27,29)(H,23,24,25);2-3,6-8H,1,4-5,18H2,(H,22,23)(H,19,20,21);1-2H3. The summed E-state index contributed by atoms with van der Waals surface area (Å²) in [5, 5.41) is 7.07. The van der Waals surface area contributed by atoms with E-state index >= 15 is 0 Å². The number of nitrogens with zero attached hydrogens (tertiary/aromatic N) is 4. The lowest BCUT2D eigenvalue weighted by Crippen LogP contribution is -2.47. The zero-order valence-electron chi connectivity index (χ0n) is 28.8. The number of nitrogens with two attached hydrogens (primary N) is 1. The van der Waals surface area contributed by atoms with Crippen molar-refractivity contribution in [2.45, 2.75) is 69.6 Å². The van der Waals surface area contributed by atoms with Gasteiger partial charge < -0.3 is 10.6 Å². The van der Waals surface area contributed by atoms with E-state index in [1.165, 1.54) is 48.2 Å². The maximum Gasteiger partial charge on any atom is 0.472 e. The van der Waals surface area contributed by atoms with Crippen molar-refractivity contribution in [3.05, 3.63) is 105 Å². The number of rotatable bonds is 8. The third kappa shape index (κ3) is 9.86. The fourth-order valence-electron chi connectivity index (χ4n) is 5.50. The smallest absolute Gasteiger partial charge is 0.345 e. The number of hydrogen-bond donors (Lipinski definition) is 6. The zero-order chi connectivity index (χ0) is 39.7. The van der Waals surface area contributed by atoms with Gasteiger partial charge in [-0.25, -0.2) is 34.6 Å². The predicted octanol–water partition coefficient (Wildman–Crippen LogP) is 6.47. The van der Waals surface area contributed by atoms with Crippen LogP contribution in [0.25, 0.3) is 0 Å². The van der Waals surface area contributed by atoms with Crippen molar-refractivity contribution < 1.29 is 36.3 Å². The molecule has 7 N–H and O–H groups in total. The van der Waals surface area contributed by atoms with E-state index in [0.29, 0.717) is 40.0 Å². The number of alkyl halides is 3. The van der Waals surface area contributed by atoms with Crippen LogP contribution < -0.4 is 32.8 Å². The molecule has 0 aliphatic heterocycles. The first kappa shape index (κ1) is 41.6. The summed E-state index contributed by atoms with van der Waals surface area (Å²) in [6.07, 6.45) is 4.23. The fraction of sp³-hybridized carbons (Fsp3) is 0.324. The molecule has 54 heavy (non-hydrogen) atoms. The topological polar surface area (TPSA) is 189 Å². The van der Waals surface area contributed by atoms with E-state index in [1.54, 1.807) is 11.5 Å². The Hall–Kier alpha value is -5.20. The van der Waals surface area contributed by atoms with Gasteiger partial charge in [-0.1, -0.05) is 37.0 Å². The first-order chi connectivity index (χ1) is 25.6. The minimum atomic E-state index is -5.13. The van der Waals surface area contributed by atoms with Crippen molar-refractivity contribution in [1.29, 1.82) is 0 Å². The number of anilines is 2. The monoisotopic (exact) mass is 796 g/mol. The molecular formula is C34H35Cl2F5N10O3. The summed E-state index contributed by atoms with van der Waals surface area (Å²) in [5.74, 6) is 0.891. The van der Waals surface area contributed by atoms with Gasteiger partial charge in [0.2, 0.25) is 11.9 Å². The molecule has 2 aromatic carbocycles. The molecule has 6 rings (SSSR count). The van der Waals surface area contributed by atoms with Crippen molar-refractivity contribution in [2.24, 2.45) is 5.84 Å². The Kier molecular flexibility index (Phi) is 13.7. The third-order valence-electron chi connectivity index (χ3n) is 8.51. The molecule has 2 heterocycles. The van der Waals surface area contributed by atoms with Crippen molar-refractivity contribution in [3.63, 3.8) is 0 Å². The quantitative estimate of drug-likeness (QED) is 0.0499. The summed E-state index contributed by atoms with van der Waals surface area (Å²) in [5.41, 5.74) is 4.46. The third-order valence-corrected chi connectivity index (χ3v) is 8.98. The highest BCUT2D eigenvalue weighted by molar-refractivity contribution is 6.31. The van der Waals surface area contributed by atoms with E-state index < -0.39 is 40.8 Å². The second-order valence-electron chi connectivity index (χ2n) is 11.8. The Morgan fingerprint density at radius 2 is 1.07 bits per heavy atom. The number of nitrogens with one attached hydrogen (secondary N) is 5. The van der Waals surface area contributed by atoms with Crippen LogP contribution in [0.15, 0.2) is 61.2 Å². The molecule has 13 nitrogen and oxygen atoms in total. The number of aromatic nitrogens is 4. The van der Waals surface area contributed by atoms with Crippen LogP contribution in [0.3, 0.4) is 0 Å². The molecule has 2 aliphatic carbocycles. The average Bonchev–Trinajstić information content (AvgIpc) is 3.13. The summed E-state index contributed by atoms with van der Waals surface area (Å²) in [4.78, 5) is 50.0. The van der Waals surface area contributed by atoms with Crippen LogP contribution in [-0.4, -0.2) is 43.8 Å². The van der Waals surface area contributed by atoms with Gasteiger partial charge in [-0.3, -0.25) is 30.7 Å². The van der Waals surface area contributed by atoms with E-state index in [4.69, 9.17) is 29.0 Å². The van der Waals surface area contributed by atoms with E-state index in [-0.39, 0.29) is 22.9 Å². The summed E-state index contributed by atoms with van der Waals surface area (Å²) in [7, 11) is 0. The molecular weight excluding hydrogens is 762 g/mol. The van der Waals surface area contributed by atoms with Gasteiger partial charge >= 0.3 is 12.1 Å². The number of benzene rings is 2. The van der Waals surface area contributed by atoms with Gasteiger partial charge in [0, 0.05) is 46.0 Å². The van der Waals surface area contributed by atoms with Gasteiger partial charge in [0.1, 0.15) is 11.6 Å². The second kappa shape index (κ2) is 17.7. The van der Waals surface area contributed by atoms with E-state index in [2.05, 4.69) is 30.6 Å². The molecule has 20 heteroatoms. The Bertz CT molecular complexity index is 1950. The second-order valence-corrected chi connectivity index (χ2v) is 12.7. The van der Waals surface area contributed by atoms with Gasteiger partial charge in [0.25, 0.3) is 11.8 Å². The lowest BCUT2D eigenvalue weighted by molar-refractivity contribution is -0.174. The predicted molar refractivity (Wildman–Crippen MR) is 190 cm³/mol. The molecule has 2 fully saturated rings. The van der Waals surface area contributed by atoms with Gasteiger partial charge in [-0.05, 0) is 74.9 Å². The molecule has 4 aromatic rings. The lowest BCUT2D eigenvalue weighted by Gasteiger charge is -2.43. The Morgan fingerprint density at radius 1 is 0.685 bits per heavy atom. The normalized spacial score (nSPS) is 14.9. The highest BCUT2D eigenvalue weighted by Crippen LogP contribution is 2.46. The van der Waals surface area contributed by atoms with Gasteiger partial charge in [0.15, 0.2) is 0 Å². The van der Waals surface area contributed by atoms with Crippen LogP contribution >= 0.6 is 23.2 Å². The molecule has 2 aliphatic rings. The minimum absolute atomic E-state index is 0.0972. The summed E-state index contributed by atoms with van der Waals surface area (Å²) in [6.45, 7) is 4.00. The van der Waals surface area contributed by atoms with Crippen molar-refractivity contribution in [2.75, 3.05) is 10.6 Å². The van der Waals surface area contributed by atoms with E-state index in [1.807, 2.05) is 19.3 Å². The SMILES string of the molecule is CC.NNC(=O)c1cnc(NC2(c3cc(Cl)ccc3F)CCC2)nc1.O=C(NNC(=O)C(F)(F)F)c1cnc(NC2(c3cc(Cl)ccc3F)CCC2)nc1. The number of halogens is 7. The Morgan fingerprint density at radius 3 is 1.41 bits per heavy atom. The van der Waals surface area contributed by atoms with Crippen molar-refractivity contribution in [3.8, 4) is 0 Å². The van der Waals surface area contributed by atoms with Crippen molar-refractivity contribution >= 4 is 52.8 Å². The molecule has 2 saturated carbocycles. The molecule has 0 atom stereocenters. The molecule has 3 amide bonds. The number of amides is 3. The minimum Gasteiger partial charge on any atom is -0.345 e. The number of carbonyl (C=O) groups excluding carboxylic acids is 3. The lowest BCUT2D eigenvalue weighted by atomic mass is 9.71. The van der Waals surface area contributed by atoms with Crippen LogP contribution in [0.1, 0.15) is 84.2 Å². The fourth-order valence-corrected chi connectivity index (χ4v) is 5.84. The van der Waals surface area contributed by atoms with Crippen LogP contribution in [0.5, 0.6) is 0 Å². The van der Waals surface area contributed by atoms with Gasteiger partial charge in [0.05, 0.1) is 22.2 Å². The Balaban J connectivity index is 0.000000235. The highest BCUT2D eigenvalue weighted by Gasteiger charge is 2.43. The number of hydrogen-bond acceptors (Lipinski definition) is 10. The van der Waals surface area contributed by atoms with E-state index in [0.717, 1.165) is 38.1 Å². The van der Waals surface area contributed by atoms with Crippen LogP contribution in [-0.2, 0) is 15.9 Å². The van der Waals surface area contributed by atoms with Crippen LogP contribution in [0, 0.1) is 11.6 Å². The summed E-state index contributed by atoms with van der Waals surface area (Å²) >= 11 is 12.0. The zero-order valence-corrected chi connectivity index (χ0v) is 30.3. The number of hydrazine groups is 2. The molecule has 0 radical (unpaired) electrons. The maximum absolute atomic E-state index is 14.3. The van der Waals surface area contributed by atoms with E-state index in [9.17, 15) is 36.3 Å². The first-order valence-corrected chi connectivity index (χ1v) is 17.2. The van der Waals surface area contributed by atoms with Crippen molar-refractivity contribution in [1.82, 2.24) is 36.2 Å². The van der Waals surface area contributed by atoms with Crippen LogP contribution in [0.2, 0.25) is 10.0 Å². The molecule has 2 aromatic heterocycles. The maximum atomic E-state index is 14.3. The summed E-state index contributed by atoms with van der Waals surface area (Å²) in [6, 6.07) is 8.73. The molecule has 0 spiro atoms. The highest BCUT2D eigenvalue weighted by atomic mass is 35.5. The number of nitrogen functional groups attached to an aromatic ring is 1. The molecule has 0 bridgehead atoms. The summed E-state index contributed by atoms with van der Waals surface area (Å²) < 4.78 is 64.8. The largest absolute Gasteiger partial charge is 0.472 e. The van der Waals surface area contributed by atoms with Gasteiger partial charge in [-0.15, -0.1) is 0 Å². The van der Waals surface area contributed by atoms with Crippen LogP contribution in [0.4, 0.5) is 33.8 Å². The average molecular weight is 798 g/mol. The van der Waals surface area contributed by atoms with Gasteiger partial charge in [-0.2, -0.15) is 13.2 Å². The molecule has 0 unspecified atom stereocenters. The number of carbonyl (C=O) groups is 3.